The summed E-state index contributed by atoms with van der Waals surface area (Å²) in [5.74, 6) is 0. The van der Waals surface area contributed by atoms with Crippen molar-refractivity contribution < 1.29 is 4.74 Å². The number of rotatable bonds is 7. The lowest BCUT2D eigenvalue weighted by molar-refractivity contribution is 0.0745. The second-order valence-corrected chi connectivity index (χ2v) is 4.63. The highest BCUT2D eigenvalue weighted by Gasteiger charge is 2.03. The monoisotopic (exact) mass is 264 g/mol. The maximum Gasteiger partial charge on any atom is 0.0797 e. The third-order valence-corrected chi connectivity index (χ3v) is 3.01. The van der Waals surface area contributed by atoms with Crippen molar-refractivity contribution in [1.82, 2.24) is 0 Å². The molecule has 0 bridgehead atoms. The highest BCUT2D eigenvalue weighted by molar-refractivity contribution is 5.49. The van der Waals surface area contributed by atoms with Crippen LogP contribution >= 0.6 is 0 Å². The number of benzene rings is 2. The third-order valence-electron chi connectivity index (χ3n) is 3.01. The lowest BCUT2D eigenvalue weighted by Gasteiger charge is -2.12. The zero-order valence-corrected chi connectivity index (χ0v) is 11.6. The Morgan fingerprint density at radius 2 is 1.60 bits per heavy atom. The van der Waals surface area contributed by atoms with E-state index in [0.717, 1.165) is 6.42 Å². The maximum absolute atomic E-state index is 5.93. The number of hydrogen-bond donors (Lipinski definition) is 0. The quantitative estimate of drug-likeness (QED) is 0.649. The van der Waals surface area contributed by atoms with E-state index in [0.29, 0.717) is 6.61 Å². The Balaban J connectivity index is 1.93. The van der Waals surface area contributed by atoms with Crippen molar-refractivity contribution in [2.24, 2.45) is 0 Å². The molecule has 1 atom stereocenters. The summed E-state index contributed by atoms with van der Waals surface area (Å²) in [4.78, 5) is 0. The second kappa shape index (κ2) is 8.13. The standard InChI is InChI=1S/C19H20O/c1-2-9-19(15-14-17-10-5-3-6-11-17)20-16-18-12-7-4-8-13-18/h2-8,10-15,19H,1,9,16H2/b15-14+/t19-/m0/s1. The summed E-state index contributed by atoms with van der Waals surface area (Å²) in [6, 6.07) is 20.5. The van der Waals surface area contributed by atoms with Crippen molar-refractivity contribution >= 4 is 6.08 Å². The normalized spacial score (nSPS) is 12.4. The first-order valence-electron chi connectivity index (χ1n) is 6.88. The Bertz CT molecular complexity index is 528. The van der Waals surface area contributed by atoms with Crippen LogP contribution in [-0.2, 0) is 11.3 Å². The average Bonchev–Trinajstić information content (AvgIpc) is 2.52. The minimum Gasteiger partial charge on any atom is -0.369 e. The molecule has 102 valence electrons. The van der Waals surface area contributed by atoms with E-state index < -0.39 is 0 Å². The van der Waals surface area contributed by atoms with E-state index in [9.17, 15) is 0 Å². The highest BCUT2D eigenvalue weighted by atomic mass is 16.5. The van der Waals surface area contributed by atoms with Crippen molar-refractivity contribution in [3.8, 4) is 0 Å². The van der Waals surface area contributed by atoms with Gasteiger partial charge in [-0.3, -0.25) is 0 Å². The van der Waals surface area contributed by atoms with Gasteiger partial charge in [0.2, 0.25) is 0 Å². The Hall–Kier alpha value is -2.12. The van der Waals surface area contributed by atoms with E-state index >= 15 is 0 Å². The zero-order valence-electron chi connectivity index (χ0n) is 11.6. The van der Waals surface area contributed by atoms with Gasteiger partial charge in [0.05, 0.1) is 12.7 Å². The summed E-state index contributed by atoms with van der Waals surface area (Å²) < 4.78 is 5.93. The van der Waals surface area contributed by atoms with E-state index in [1.54, 1.807) is 0 Å². The molecule has 20 heavy (non-hydrogen) atoms. The fourth-order valence-corrected chi connectivity index (χ4v) is 1.93. The van der Waals surface area contributed by atoms with E-state index in [2.05, 4.69) is 43.0 Å². The summed E-state index contributed by atoms with van der Waals surface area (Å²) >= 11 is 0. The van der Waals surface area contributed by atoms with Crippen molar-refractivity contribution in [2.45, 2.75) is 19.1 Å². The molecule has 0 saturated heterocycles. The first-order chi connectivity index (χ1) is 9.88. The molecule has 2 rings (SSSR count). The largest absolute Gasteiger partial charge is 0.369 e. The molecule has 0 radical (unpaired) electrons. The predicted octanol–water partition coefficient (Wildman–Crippen LogP) is 4.86. The molecule has 1 heteroatoms. The van der Waals surface area contributed by atoms with Gasteiger partial charge in [-0.25, -0.2) is 0 Å². The summed E-state index contributed by atoms with van der Waals surface area (Å²) in [6.45, 7) is 4.42. The van der Waals surface area contributed by atoms with Crippen LogP contribution in [0.15, 0.2) is 79.4 Å². The zero-order chi connectivity index (χ0) is 14.0. The molecule has 0 aromatic heterocycles. The van der Waals surface area contributed by atoms with Crippen LogP contribution in [-0.4, -0.2) is 6.10 Å². The van der Waals surface area contributed by atoms with Crippen LogP contribution in [0.4, 0.5) is 0 Å². The molecule has 1 nitrogen and oxygen atoms in total. The van der Waals surface area contributed by atoms with Crippen LogP contribution in [0.3, 0.4) is 0 Å². The molecule has 0 heterocycles. The molecule has 0 unspecified atom stereocenters. The Morgan fingerprint density at radius 1 is 0.950 bits per heavy atom. The molecule has 0 amide bonds. The van der Waals surface area contributed by atoms with E-state index in [-0.39, 0.29) is 6.10 Å². The minimum atomic E-state index is 0.0629. The number of hydrogen-bond acceptors (Lipinski definition) is 1. The van der Waals surface area contributed by atoms with E-state index in [1.165, 1.54) is 11.1 Å². The molecule has 2 aromatic carbocycles. The van der Waals surface area contributed by atoms with Crippen molar-refractivity contribution in [1.29, 1.82) is 0 Å². The molecular weight excluding hydrogens is 244 g/mol. The minimum absolute atomic E-state index is 0.0629. The van der Waals surface area contributed by atoms with Gasteiger partial charge in [0.15, 0.2) is 0 Å². The van der Waals surface area contributed by atoms with Gasteiger partial charge in [0, 0.05) is 0 Å². The summed E-state index contributed by atoms with van der Waals surface area (Å²) in [5.41, 5.74) is 2.37. The summed E-state index contributed by atoms with van der Waals surface area (Å²) in [5, 5.41) is 0. The first kappa shape index (κ1) is 14.3. The van der Waals surface area contributed by atoms with Gasteiger partial charge in [0.25, 0.3) is 0 Å². The Morgan fingerprint density at radius 3 is 2.25 bits per heavy atom. The van der Waals surface area contributed by atoms with Gasteiger partial charge in [-0.1, -0.05) is 78.9 Å². The van der Waals surface area contributed by atoms with Crippen LogP contribution in [0, 0.1) is 0 Å². The highest BCUT2D eigenvalue weighted by Crippen LogP contribution is 2.10. The van der Waals surface area contributed by atoms with Crippen LogP contribution in [0.25, 0.3) is 6.08 Å². The van der Waals surface area contributed by atoms with Gasteiger partial charge < -0.3 is 4.74 Å². The molecule has 0 aliphatic carbocycles. The summed E-state index contributed by atoms with van der Waals surface area (Å²) in [6.07, 6.45) is 6.97. The molecule has 2 aromatic rings. The van der Waals surface area contributed by atoms with Crippen molar-refractivity contribution in [3.63, 3.8) is 0 Å². The van der Waals surface area contributed by atoms with Gasteiger partial charge in [-0.15, -0.1) is 6.58 Å². The molecule has 0 N–H and O–H groups in total. The van der Waals surface area contributed by atoms with Crippen molar-refractivity contribution in [3.05, 3.63) is 90.5 Å². The molecule has 0 saturated carbocycles. The Kier molecular flexibility index (Phi) is 5.81. The fraction of sp³-hybridized carbons (Fsp3) is 0.158. The van der Waals surface area contributed by atoms with Gasteiger partial charge in [0.1, 0.15) is 0 Å². The lowest BCUT2D eigenvalue weighted by atomic mass is 10.1. The predicted molar refractivity (Wildman–Crippen MR) is 85.3 cm³/mol. The second-order valence-electron chi connectivity index (χ2n) is 4.63. The number of ether oxygens (including phenoxy) is 1. The smallest absolute Gasteiger partial charge is 0.0797 e. The molecule has 0 aliphatic rings. The SMILES string of the molecule is C=CC[C@@H](/C=C/c1ccccc1)OCc1ccccc1. The third kappa shape index (κ3) is 4.87. The average molecular weight is 264 g/mol. The van der Waals surface area contributed by atoms with E-state index in [4.69, 9.17) is 4.74 Å². The van der Waals surface area contributed by atoms with Crippen LogP contribution in [0.5, 0.6) is 0 Å². The topological polar surface area (TPSA) is 9.23 Å². The maximum atomic E-state index is 5.93. The van der Waals surface area contributed by atoms with Crippen LogP contribution in [0.2, 0.25) is 0 Å². The Labute approximate surface area is 121 Å². The van der Waals surface area contributed by atoms with Gasteiger partial charge in [-0.05, 0) is 17.5 Å². The molecule has 0 fully saturated rings. The summed E-state index contributed by atoms with van der Waals surface area (Å²) in [7, 11) is 0. The van der Waals surface area contributed by atoms with Gasteiger partial charge >= 0.3 is 0 Å². The lowest BCUT2D eigenvalue weighted by Crippen LogP contribution is -2.08. The van der Waals surface area contributed by atoms with Crippen LogP contribution in [0.1, 0.15) is 17.5 Å². The van der Waals surface area contributed by atoms with Gasteiger partial charge in [-0.2, -0.15) is 0 Å². The fourth-order valence-electron chi connectivity index (χ4n) is 1.93. The molecule has 0 aliphatic heterocycles. The van der Waals surface area contributed by atoms with E-state index in [1.807, 2.05) is 42.5 Å². The van der Waals surface area contributed by atoms with Crippen molar-refractivity contribution in [2.75, 3.05) is 0 Å². The van der Waals surface area contributed by atoms with Crippen LogP contribution < -0.4 is 0 Å². The molecule has 0 spiro atoms. The molecular formula is C19H20O. The first-order valence-corrected chi connectivity index (χ1v) is 6.88.